The summed E-state index contributed by atoms with van der Waals surface area (Å²) in [5.41, 5.74) is 0. The number of hydrogen-bond acceptors (Lipinski definition) is 32. The molecule has 0 aromatic rings. The van der Waals surface area contributed by atoms with E-state index < -0.39 is 253 Å². The zero-order valence-corrected chi connectivity index (χ0v) is 43.7. The van der Waals surface area contributed by atoms with Crippen LogP contribution in [0.4, 0.5) is 0 Å². The van der Waals surface area contributed by atoms with Crippen LogP contribution in [0.25, 0.3) is 0 Å². The van der Waals surface area contributed by atoms with E-state index in [0.717, 1.165) is 13.8 Å². The second kappa shape index (κ2) is 28.3. The highest BCUT2D eigenvalue weighted by Crippen LogP contribution is 2.39. The number of carboxylic acids is 1. The van der Waals surface area contributed by atoms with Crippen molar-refractivity contribution in [3.05, 3.63) is 0 Å². The van der Waals surface area contributed by atoms with Gasteiger partial charge in [-0.05, 0) is 13.8 Å². The molecule has 6 saturated heterocycles. The third kappa shape index (κ3) is 14.7. The van der Waals surface area contributed by atoms with Gasteiger partial charge in [0.1, 0.15) is 135 Å². The van der Waals surface area contributed by atoms with E-state index in [1.807, 2.05) is 0 Å². The predicted octanol–water partition coefficient (Wildman–Crippen LogP) is -13.4. The maximum atomic E-state index is 13.3. The highest BCUT2D eigenvalue weighted by atomic mass is 16.8. The lowest BCUT2D eigenvalue weighted by atomic mass is 9.88. The fraction of sp³-hybridized carbons (Fsp3) is 0.911. The van der Waals surface area contributed by atoms with Gasteiger partial charge in [-0.25, -0.2) is 4.79 Å². The first-order chi connectivity index (χ1) is 38.0. The Morgan fingerprint density at radius 3 is 1.58 bits per heavy atom. The fourth-order valence-corrected chi connectivity index (χ4v) is 10.2. The summed E-state index contributed by atoms with van der Waals surface area (Å²) < 4.78 is 64.7. The van der Waals surface area contributed by atoms with Crippen LogP contribution in [0.15, 0.2) is 0 Å². The lowest BCUT2D eigenvalue weighted by Gasteiger charge is -2.52. The summed E-state index contributed by atoms with van der Waals surface area (Å²) in [5, 5.41) is 200. The SMILES string of the molecule is CC(=O)N[C@@H]1[C@@H](O[C@@H]2O[C@H](CO)[C@@H](O[C@@H]3O[C@H](CO)[C@H](O)[C@H](O)[C@H]3O[C@@H]3O[C@@H](C)[C@@H](O)[C@@H](O)[C@@H]3O)[C@H](O[C@@H]3O[C@@H](C)[C@@H](O)[C@@H](O)[C@@H]3O)[C@H]2NC(C)=O)[C@@H](O)[C@@H](CO[C@]2(C(=O)O)C[C@H](O)[C@@H](NC(=O)CO)[C@H]([C@H](O)[C@H](O)CO)O2)O[C@@H]1O. The normalized spacial score (nSPS) is 46.7. The number of carboxylic acid groups (broad SMARTS) is 1. The first kappa shape index (κ1) is 66.9. The Bertz CT molecular complexity index is 2080. The number of nitrogens with one attached hydrogen (secondary N) is 3. The number of amides is 3. The standard InChI is InChI=1S/C45H75N3O33/c1-11-24(58)29(63)32(66)41(72-11)79-37-23(47-14(4)54)40(76-18(8-51)34(37)77-43-38(31(65)27(61)17(7-50)75-43)80-42-33(67)30(64)25(59)12(2)73-42)78-35-22(46-13(3)53)39(68)74-19(28(35)62)10-71-45(44(69)70)5-15(55)21(48-20(57)9-52)36(81-45)26(60)16(56)6-49/h11-12,15-19,21-43,49-52,55-56,58-68H,5-10H2,1-4H3,(H,46,53)(H,47,54)(H,48,57)(H,69,70)/t11-,12-,15-,16+,17+,18+,19+,21+,22+,23+,24+,25+,26+,27-,28-,29+,30+,31-,32-,33-,34+,35+,36+,37+,38+,39-,40-,41-,42-,43-,45+/m0/s1. The minimum atomic E-state index is -3.09. The molecule has 21 N–H and O–H groups in total. The molecule has 6 aliphatic heterocycles. The summed E-state index contributed by atoms with van der Waals surface area (Å²) in [4.78, 5) is 51.1. The van der Waals surface area contributed by atoms with Crippen LogP contribution in [0.1, 0.15) is 34.1 Å². The molecule has 31 atom stereocenters. The lowest BCUT2D eigenvalue weighted by Crippen LogP contribution is -2.72. The summed E-state index contributed by atoms with van der Waals surface area (Å²) in [6, 6.07) is -5.58. The second-order valence-corrected chi connectivity index (χ2v) is 20.4. The van der Waals surface area contributed by atoms with Crippen molar-refractivity contribution in [2.45, 2.75) is 224 Å². The van der Waals surface area contributed by atoms with Crippen molar-refractivity contribution in [1.29, 1.82) is 0 Å². The number of aliphatic hydroxyl groups is 17. The summed E-state index contributed by atoms with van der Waals surface area (Å²) in [6.07, 6.45) is -54.2. The van der Waals surface area contributed by atoms with Gasteiger partial charge in [0.05, 0.1) is 50.8 Å². The number of carbonyl (C=O) groups is 4. The molecule has 36 heteroatoms. The molecule has 0 spiro atoms. The number of ether oxygens (including phenoxy) is 11. The summed E-state index contributed by atoms with van der Waals surface area (Å²) >= 11 is 0. The molecule has 36 nitrogen and oxygen atoms in total. The molecule has 0 unspecified atom stereocenters. The van der Waals surface area contributed by atoms with Crippen molar-refractivity contribution in [3.8, 4) is 0 Å². The van der Waals surface area contributed by atoms with E-state index in [4.69, 9.17) is 52.1 Å². The van der Waals surface area contributed by atoms with Gasteiger partial charge in [-0.15, -0.1) is 0 Å². The fourth-order valence-electron chi connectivity index (χ4n) is 10.2. The van der Waals surface area contributed by atoms with Gasteiger partial charge in [-0.1, -0.05) is 0 Å². The largest absolute Gasteiger partial charge is 0.477 e. The molecule has 3 amide bonds. The molecule has 6 fully saturated rings. The van der Waals surface area contributed by atoms with Gasteiger partial charge in [0.2, 0.25) is 17.7 Å². The van der Waals surface area contributed by atoms with E-state index in [0.29, 0.717) is 0 Å². The monoisotopic (exact) mass is 1190 g/mol. The minimum Gasteiger partial charge on any atom is -0.477 e. The van der Waals surface area contributed by atoms with Crippen LogP contribution >= 0.6 is 0 Å². The highest BCUT2D eigenvalue weighted by Gasteiger charge is 2.60. The Balaban J connectivity index is 1.38. The predicted molar refractivity (Wildman–Crippen MR) is 250 cm³/mol. The Hall–Kier alpha value is -3.24. The second-order valence-electron chi connectivity index (χ2n) is 20.4. The molecule has 6 aliphatic rings. The van der Waals surface area contributed by atoms with Gasteiger partial charge in [-0.3, -0.25) is 14.4 Å². The van der Waals surface area contributed by atoms with Crippen molar-refractivity contribution < 1.29 is 163 Å². The van der Waals surface area contributed by atoms with E-state index in [9.17, 15) is 111 Å². The average molecular weight is 1190 g/mol. The van der Waals surface area contributed by atoms with Crippen molar-refractivity contribution in [2.24, 2.45) is 0 Å². The van der Waals surface area contributed by atoms with Crippen LogP contribution in [0.3, 0.4) is 0 Å². The molecule has 0 radical (unpaired) electrons. The maximum Gasteiger partial charge on any atom is 0.364 e. The van der Waals surface area contributed by atoms with Crippen LogP contribution < -0.4 is 16.0 Å². The number of carbonyl (C=O) groups excluding carboxylic acids is 3. The van der Waals surface area contributed by atoms with Crippen LogP contribution in [0, 0.1) is 0 Å². The van der Waals surface area contributed by atoms with Gasteiger partial charge < -0.3 is 160 Å². The van der Waals surface area contributed by atoms with Crippen LogP contribution in [-0.4, -0.2) is 338 Å². The van der Waals surface area contributed by atoms with Gasteiger partial charge in [0.25, 0.3) is 5.79 Å². The summed E-state index contributed by atoms with van der Waals surface area (Å²) in [6.45, 7) is -1.23. The molecule has 0 aromatic carbocycles. The van der Waals surface area contributed by atoms with E-state index in [-0.39, 0.29) is 0 Å². The van der Waals surface area contributed by atoms with Crippen LogP contribution in [0.2, 0.25) is 0 Å². The minimum absolute atomic E-state index is 0.904. The van der Waals surface area contributed by atoms with Gasteiger partial charge in [0.15, 0.2) is 31.5 Å². The molecule has 0 aliphatic carbocycles. The van der Waals surface area contributed by atoms with Crippen LogP contribution in [-0.2, 0) is 71.3 Å². The van der Waals surface area contributed by atoms with Gasteiger partial charge in [0, 0.05) is 20.3 Å². The molecule has 6 rings (SSSR count). The molecular formula is C45H75N3O33. The summed E-state index contributed by atoms with van der Waals surface area (Å²) in [7, 11) is 0. The van der Waals surface area contributed by atoms with E-state index >= 15 is 0 Å². The van der Waals surface area contributed by atoms with Crippen LogP contribution in [0.5, 0.6) is 0 Å². The quantitative estimate of drug-likeness (QED) is 0.0507. The van der Waals surface area contributed by atoms with Crippen molar-refractivity contribution >= 4 is 23.7 Å². The first-order valence-corrected chi connectivity index (χ1v) is 25.6. The van der Waals surface area contributed by atoms with Crippen molar-refractivity contribution in [3.63, 3.8) is 0 Å². The Kier molecular flexibility index (Phi) is 23.4. The average Bonchev–Trinajstić information content (AvgIpc) is 3.61. The van der Waals surface area contributed by atoms with E-state index in [1.165, 1.54) is 13.8 Å². The maximum absolute atomic E-state index is 13.3. The topological polar surface area (TPSA) is 570 Å². The molecule has 468 valence electrons. The molecule has 81 heavy (non-hydrogen) atoms. The molecular weight excluding hydrogens is 1110 g/mol. The van der Waals surface area contributed by atoms with E-state index in [2.05, 4.69) is 16.0 Å². The number of rotatable bonds is 21. The third-order valence-electron chi connectivity index (χ3n) is 14.6. The zero-order valence-electron chi connectivity index (χ0n) is 43.7. The molecule has 6 heterocycles. The first-order valence-electron chi connectivity index (χ1n) is 25.6. The van der Waals surface area contributed by atoms with Gasteiger partial charge >= 0.3 is 5.97 Å². The third-order valence-corrected chi connectivity index (χ3v) is 14.6. The van der Waals surface area contributed by atoms with E-state index in [1.54, 1.807) is 0 Å². The number of aliphatic hydroxyl groups excluding tert-OH is 17. The van der Waals surface area contributed by atoms with Crippen molar-refractivity contribution in [2.75, 3.05) is 33.0 Å². The molecule has 0 bridgehead atoms. The molecule has 0 saturated carbocycles. The molecule has 0 aromatic heterocycles. The zero-order chi connectivity index (χ0) is 60.3. The highest BCUT2D eigenvalue weighted by molar-refractivity contribution is 5.78. The lowest BCUT2D eigenvalue weighted by molar-refractivity contribution is -0.396. The van der Waals surface area contributed by atoms with Gasteiger partial charge in [-0.2, -0.15) is 0 Å². The summed E-state index contributed by atoms with van der Waals surface area (Å²) in [5.74, 6) is -8.13. The Morgan fingerprint density at radius 2 is 1.06 bits per heavy atom. The smallest absolute Gasteiger partial charge is 0.364 e. The Morgan fingerprint density at radius 1 is 0.543 bits per heavy atom. The Labute approximate surface area is 459 Å². The number of aliphatic carboxylic acids is 1. The van der Waals surface area contributed by atoms with Crippen molar-refractivity contribution in [1.82, 2.24) is 16.0 Å². The number of hydrogen-bond donors (Lipinski definition) is 21.